The van der Waals surface area contributed by atoms with Crippen molar-refractivity contribution in [2.45, 2.75) is 181 Å². The summed E-state index contributed by atoms with van der Waals surface area (Å²) in [5, 5.41) is 0. The molecule has 1 amide bonds. The molecule has 4 N–H and O–H groups in total. The van der Waals surface area contributed by atoms with Crippen LogP contribution in [0.5, 0.6) is 5.75 Å². The zero-order valence-corrected chi connectivity index (χ0v) is 29.0. The molecule has 1 aliphatic rings. The summed E-state index contributed by atoms with van der Waals surface area (Å²) >= 11 is 0. The lowest BCUT2D eigenvalue weighted by atomic mass is 9.63. The summed E-state index contributed by atoms with van der Waals surface area (Å²) in [6.07, 6.45) is 23.1. The van der Waals surface area contributed by atoms with Crippen molar-refractivity contribution in [1.29, 1.82) is 0 Å². The first-order chi connectivity index (χ1) is 21.0. The van der Waals surface area contributed by atoms with Crippen LogP contribution in [0.3, 0.4) is 0 Å². The molecule has 6 nitrogen and oxygen atoms in total. The number of benzene rings is 1. The Labute approximate surface area is 269 Å². The molecule has 3 unspecified atom stereocenters. The molecule has 44 heavy (non-hydrogen) atoms. The second-order valence-corrected chi connectivity index (χ2v) is 14.6. The Morgan fingerprint density at radius 3 is 1.86 bits per heavy atom. The summed E-state index contributed by atoms with van der Waals surface area (Å²) in [6.45, 7) is 10.9. The van der Waals surface area contributed by atoms with Gasteiger partial charge in [0.25, 0.3) is 0 Å². The number of unbranched alkanes of at least 4 members (excludes halogenated alkanes) is 14. The zero-order chi connectivity index (χ0) is 32.4. The number of amides is 1. The monoisotopic (exact) mass is 615 g/mol. The molecule has 0 aliphatic heterocycles. The highest BCUT2D eigenvalue weighted by Gasteiger charge is 2.52. The Balaban J connectivity index is 2.15. The summed E-state index contributed by atoms with van der Waals surface area (Å²) < 4.78 is 11.8. The molecule has 1 aromatic carbocycles. The van der Waals surface area contributed by atoms with Gasteiger partial charge in [0.05, 0.1) is 0 Å². The number of hydrogen-bond donors (Lipinski definition) is 2. The van der Waals surface area contributed by atoms with Gasteiger partial charge in [0, 0.05) is 0 Å². The van der Waals surface area contributed by atoms with E-state index in [0.717, 1.165) is 37.7 Å². The van der Waals surface area contributed by atoms with Gasteiger partial charge >= 0.3 is 12.1 Å². The Morgan fingerprint density at radius 2 is 1.34 bits per heavy atom. The predicted molar refractivity (Wildman–Crippen MR) is 183 cm³/mol. The van der Waals surface area contributed by atoms with Gasteiger partial charge < -0.3 is 20.9 Å². The number of carbonyl (C=O) groups is 2. The van der Waals surface area contributed by atoms with Gasteiger partial charge in [0.2, 0.25) is 0 Å². The average Bonchev–Trinajstić information content (AvgIpc) is 2.94. The number of hydrogen-bond acceptors (Lipinski definition) is 5. The lowest BCUT2D eigenvalue weighted by Gasteiger charge is -2.48. The number of rotatable bonds is 22. The van der Waals surface area contributed by atoms with Crippen molar-refractivity contribution in [3.8, 4) is 5.75 Å². The van der Waals surface area contributed by atoms with Crippen LogP contribution >= 0.6 is 0 Å². The van der Waals surface area contributed by atoms with E-state index in [0.29, 0.717) is 18.6 Å². The molecule has 3 atom stereocenters. The van der Waals surface area contributed by atoms with Gasteiger partial charge in [-0.15, -0.1) is 0 Å². The van der Waals surface area contributed by atoms with E-state index in [4.69, 9.17) is 20.9 Å². The largest absolute Gasteiger partial charge is 0.441 e. The van der Waals surface area contributed by atoms with E-state index in [9.17, 15) is 9.59 Å². The maximum atomic E-state index is 13.7. The van der Waals surface area contributed by atoms with Gasteiger partial charge in [-0.2, -0.15) is 0 Å². The van der Waals surface area contributed by atoms with Gasteiger partial charge in [-0.3, -0.25) is 0 Å². The predicted octanol–water partition coefficient (Wildman–Crippen LogP) is 9.97. The van der Waals surface area contributed by atoms with E-state index in [-0.39, 0.29) is 11.3 Å². The van der Waals surface area contributed by atoms with Crippen LogP contribution in [0, 0.1) is 11.3 Å². The molecular formula is C38H66N2O4. The van der Waals surface area contributed by atoms with Crippen LogP contribution < -0.4 is 16.2 Å². The van der Waals surface area contributed by atoms with E-state index in [1.165, 1.54) is 95.5 Å². The van der Waals surface area contributed by atoms with Crippen LogP contribution in [-0.4, -0.2) is 23.7 Å². The quantitative estimate of drug-likeness (QED) is 0.0768. The fourth-order valence-electron chi connectivity index (χ4n) is 7.63. The minimum Gasteiger partial charge on any atom is -0.441 e. The summed E-state index contributed by atoms with van der Waals surface area (Å²) in [4.78, 5) is 25.7. The second kappa shape index (κ2) is 20.1. The number of primary amides is 1. The molecule has 0 spiro atoms. The van der Waals surface area contributed by atoms with Gasteiger partial charge in [-0.1, -0.05) is 137 Å². The SMILES string of the molecule is CCCCCCCCCCc1cccc(OC(=O)C(N)C2(OC(N)=O)CC(C)CC(C)(C)C2)c1CCCCCCCCCC. The van der Waals surface area contributed by atoms with E-state index in [2.05, 4.69) is 40.7 Å². The highest BCUT2D eigenvalue weighted by molar-refractivity contribution is 5.81. The Bertz CT molecular complexity index is 978. The first-order valence-corrected chi connectivity index (χ1v) is 18.1. The van der Waals surface area contributed by atoms with Crippen LogP contribution in [0.25, 0.3) is 0 Å². The number of ether oxygens (including phenoxy) is 2. The van der Waals surface area contributed by atoms with E-state index >= 15 is 0 Å². The molecule has 1 saturated carbocycles. The van der Waals surface area contributed by atoms with Crippen molar-refractivity contribution in [3.05, 3.63) is 29.3 Å². The van der Waals surface area contributed by atoms with Crippen molar-refractivity contribution in [2.75, 3.05) is 0 Å². The average molecular weight is 615 g/mol. The van der Waals surface area contributed by atoms with Crippen molar-refractivity contribution in [2.24, 2.45) is 22.8 Å². The van der Waals surface area contributed by atoms with Gasteiger partial charge in [-0.25, -0.2) is 9.59 Å². The summed E-state index contributed by atoms with van der Waals surface area (Å²) in [5.74, 6) is 0.268. The Hall–Kier alpha value is -2.08. The highest BCUT2D eigenvalue weighted by atomic mass is 16.6. The molecule has 0 aromatic heterocycles. The minimum absolute atomic E-state index is 0.150. The zero-order valence-electron chi connectivity index (χ0n) is 29.0. The molecule has 6 heteroatoms. The van der Waals surface area contributed by atoms with Gasteiger partial charge in [0.15, 0.2) is 0 Å². The molecule has 1 fully saturated rings. The Kier molecular flexibility index (Phi) is 17.4. The third-order valence-electron chi connectivity index (χ3n) is 9.52. The molecule has 0 heterocycles. The third kappa shape index (κ3) is 13.5. The van der Waals surface area contributed by atoms with Gasteiger partial charge in [0.1, 0.15) is 17.4 Å². The fourth-order valence-corrected chi connectivity index (χ4v) is 7.63. The summed E-state index contributed by atoms with van der Waals surface area (Å²) in [5.41, 5.74) is 13.2. The Morgan fingerprint density at radius 1 is 0.818 bits per heavy atom. The molecular weight excluding hydrogens is 548 g/mol. The second-order valence-electron chi connectivity index (χ2n) is 14.6. The van der Waals surface area contributed by atoms with Crippen LogP contribution in [0.15, 0.2) is 18.2 Å². The lowest BCUT2D eigenvalue weighted by Crippen LogP contribution is -2.61. The normalized spacial score (nSPS) is 20.3. The van der Waals surface area contributed by atoms with E-state index in [1.54, 1.807) is 0 Å². The summed E-state index contributed by atoms with van der Waals surface area (Å²) in [6, 6.07) is 4.97. The molecule has 1 aromatic rings. The van der Waals surface area contributed by atoms with E-state index < -0.39 is 23.7 Å². The van der Waals surface area contributed by atoms with Gasteiger partial charge in [-0.05, 0) is 73.5 Å². The van der Waals surface area contributed by atoms with Crippen molar-refractivity contribution in [1.82, 2.24) is 0 Å². The minimum atomic E-state index is -1.18. The smallest absolute Gasteiger partial charge is 0.405 e. The van der Waals surface area contributed by atoms with Crippen molar-refractivity contribution in [3.63, 3.8) is 0 Å². The van der Waals surface area contributed by atoms with Crippen LogP contribution in [0.2, 0.25) is 0 Å². The molecule has 0 radical (unpaired) electrons. The van der Waals surface area contributed by atoms with Crippen LogP contribution in [0.4, 0.5) is 4.79 Å². The van der Waals surface area contributed by atoms with Crippen molar-refractivity contribution >= 4 is 12.1 Å². The first kappa shape index (κ1) is 38.1. The molecule has 0 saturated heterocycles. The number of carbonyl (C=O) groups excluding carboxylic acids is 2. The number of aryl methyl sites for hydroxylation is 1. The molecule has 0 bridgehead atoms. The van der Waals surface area contributed by atoms with E-state index in [1.807, 2.05) is 12.1 Å². The fraction of sp³-hybridized carbons (Fsp3) is 0.789. The first-order valence-electron chi connectivity index (χ1n) is 18.1. The number of nitrogens with two attached hydrogens (primary N) is 2. The highest BCUT2D eigenvalue weighted by Crippen LogP contribution is 2.47. The maximum absolute atomic E-state index is 13.7. The van der Waals surface area contributed by atoms with Crippen LogP contribution in [0.1, 0.15) is 168 Å². The van der Waals surface area contributed by atoms with Crippen molar-refractivity contribution < 1.29 is 19.1 Å². The maximum Gasteiger partial charge on any atom is 0.405 e. The number of esters is 1. The molecule has 1 aliphatic carbocycles. The standard InChI is InChI=1S/C38H66N2O4/c1-6-8-10-12-14-16-18-20-23-31-24-22-26-33(32(31)25-21-19-17-15-13-11-9-7-2)43-35(41)34(39)38(44-36(40)42)28-30(3)27-37(4,5)29-38/h22,24,26,30,34H,6-21,23,25,27-29,39H2,1-5H3,(H2,40,42). The summed E-state index contributed by atoms with van der Waals surface area (Å²) in [7, 11) is 0. The topological polar surface area (TPSA) is 105 Å². The third-order valence-corrected chi connectivity index (χ3v) is 9.52. The molecule has 252 valence electrons. The molecule has 2 rings (SSSR count). The lowest BCUT2D eigenvalue weighted by molar-refractivity contribution is -0.148. The van der Waals surface area contributed by atoms with Crippen LogP contribution in [-0.2, 0) is 22.4 Å².